The van der Waals surface area contributed by atoms with Gasteiger partial charge in [-0.2, -0.15) is 5.10 Å². The van der Waals surface area contributed by atoms with Crippen molar-refractivity contribution < 1.29 is 13.2 Å². The number of carbonyl (C=O) groups excluding carboxylic acids is 1. The van der Waals surface area contributed by atoms with E-state index in [-0.39, 0.29) is 10.6 Å². The smallest absolute Gasteiger partial charge is 0.266 e. The molecule has 22 heavy (non-hydrogen) atoms. The van der Waals surface area contributed by atoms with Crippen LogP contribution in [-0.2, 0) is 9.84 Å². The van der Waals surface area contributed by atoms with Crippen LogP contribution in [0.1, 0.15) is 23.0 Å². The minimum absolute atomic E-state index is 0.238. The van der Waals surface area contributed by atoms with Crippen LogP contribution in [0.4, 0.5) is 0 Å². The Kier molecular flexibility index (Phi) is 4.67. The normalized spacial score (nSPS) is 12.0. The number of hydrogen-bond donors (Lipinski definition) is 1. The van der Waals surface area contributed by atoms with Crippen molar-refractivity contribution >= 4 is 21.5 Å². The highest BCUT2D eigenvalue weighted by Crippen LogP contribution is 2.11. The van der Waals surface area contributed by atoms with Crippen molar-refractivity contribution in [3.8, 4) is 0 Å². The lowest BCUT2D eigenvalue weighted by Crippen LogP contribution is -2.20. The zero-order valence-corrected chi connectivity index (χ0v) is 13.0. The van der Waals surface area contributed by atoms with Gasteiger partial charge in [0.25, 0.3) is 5.91 Å². The molecular formula is C15H15N3O3S. The number of carbonyl (C=O) groups is 1. The zero-order chi connectivity index (χ0) is 16.2. The third-order valence-electron chi connectivity index (χ3n) is 2.92. The summed E-state index contributed by atoms with van der Waals surface area (Å²) >= 11 is 0. The molecule has 1 amide bonds. The van der Waals surface area contributed by atoms with Gasteiger partial charge in [-0.05, 0) is 36.8 Å². The Labute approximate surface area is 128 Å². The maximum atomic E-state index is 11.8. The Balaban J connectivity index is 2.11. The zero-order valence-electron chi connectivity index (χ0n) is 12.1. The van der Waals surface area contributed by atoms with E-state index in [1.165, 1.54) is 18.3 Å². The lowest BCUT2D eigenvalue weighted by atomic mass is 10.1. The molecule has 1 aromatic heterocycles. The number of amides is 1. The summed E-state index contributed by atoms with van der Waals surface area (Å²) in [6.07, 6.45) is 2.67. The predicted molar refractivity (Wildman–Crippen MR) is 83.5 cm³/mol. The molecule has 0 aliphatic rings. The third kappa shape index (κ3) is 3.98. The highest BCUT2D eigenvalue weighted by atomic mass is 32.2. The van der Waals surface area contributed by atoms with E-state index < -0.39 is 15.7 Å². The molecule has 1 heterocycles. The van der Waals surface area contributed by atoms with E-state index in [4.69, 9.17) is 0 Å². The molecule has 7 heteroatoms. The fraction of sp³-hybridized carbons (Fsp3) is 0.133. The molecule has 0 unspecified atom stereocenters. The van der Waals surface area contributed by atoms with Crippen molar-refractivity contribution in [3.05, 3.63) is 59.9 Å². The van der Waals surface area contributed by atoms with Crippen molar-refractivity contribution in [2.75, 3.05) is 6.26 Å². The first kappa shape index (κ1) is 15.8. The van der Waals surface area contributed by atoms with E-state index >= 15 is 0 Å². The quantitative estimate of drug-likeness (QED) is 0.686. The summed E-state index contributed by atoms with van der Waals surface area (Å²) in [6.45, 7) is 1.72. The van der Waals surface area contributed by atoms with Gasteiger partial charge < -0.3 is 0 Å². The van der Waals surface area contributed by atoms with E-state index in [1.54, 1.807) is 37.3 Å². The van der Waals surface area contributed by atoms with Gasteiger partial charge in [0, 0.05) is 12.5 Å². The molecule has 1 aromatic carbocycles. The van der Waals surface area contributed by atoms with Crippen LogP contribution in [-0.4, -0.2) is 31.3 Å². The molecule has 0 spiro atoms. The maximum Gasteiger partial charge on any atom is 0.289 e. The summed E-state index contributed by atoms with van der Waals surface area (Å²) in [5.41, 5.74) is 3.96. The first-order chi connectivity index (χ1) is 10.4. The number of hydrazone groups is 1. The van der Waals surface area contributed by atoms with Gasteiger partial charge in [-0.1, -0.05) is 18.2 Å². The van der Waals surface area contributed by atoms with Crippen LogP contribution in [0.5, 0.6) is 0 Å². The summed E-state index contributed by atoms with van der Waals surface area (Å²) in [7, 11) is -3.22. The van der Waals surface area contributed by atoms with Crippen molar-refractivity contribution in [1.82, 2.24) is 10.4 Å². The van der Waals surface area contributed by atoms with Gasteiger partial charge in [0.1, 0.15) is 5.69 Å². The number of pyridine rings is 1. The highest BCUT2D eigenvalue weighted by Gasteiger charge is 2.08. The predicted octanol–water partition coefficient (Wildman–Crippen LogP) is 1.64. The standard InChI is InChI=1S/C15H15N3O3S/c1-11(12-6-8-13(9-7-12)22(2,20)21)17-18-15(19)14-5-3-4-10-16-14/h3-10H,1-2H3,(H,18,19)/b17-11-. The monoisotopic (exact) mass is 317 g/mol. The molecule has 0 saturated carbocycles. The van der Waals surface area contributed by atoms with Gasteiger partial charge in [-0.25, -0.2) is 13.8 Å². The SMILES string of the molecule is C/C(=N/NC(=O)c1ccccn1)c1ccc(S(C)(=O)=O)cc1. The third-order valence-corrected chi connectivity index (χ3v) is 4.05. The summed E-state index contributed by atoms with van der Waals surface area (Å²) in [5.74, 6) is -0.410. The number of hydrogen-bond acceptors (Lipinski definition) is 5. The molecule has 0 aliphatic carbocycles. The number of rotatable bonds is 4. The van der Waals surface area contributed by atoms with Gasteiger partial charge in [0.05, 0.1) is 10.6 Å². The Morgan fingerprint density at radius 2 is 1.82 bits per heavy atom. The molecule has 0 aliphatic heterocycles. The van der Waals surface area contributed by atoms with Gasteiger partial charge in [-0.15, -0.1) is 0 Å². The average Bonchev–Trinajstić information content (AvgIpc) is 2.52. The topological polar surface area (TPSA) is 88.5 Å². The molecule has 6 nitrogen and oxygen atoms in total. The van der Waals surface area contributed by atoms with Gasteiger partial charge in [-0.3, -0.25) is 9.78 Å². The van der Waals surface area contributed by atoms with Crippen LogP contribution in [0.3, 0.4) is 0 Å². The van der Waals surface area contributed by atoms with E-state index in [2.05, 4.69) is 15.5 Å². The van der Waals surface area contributed by atoms with Crippen molar-refractivity contribution in [3.63, 3.8) is 0 Å². The summed E-state index contributed by atoms with van der Waals surface area (Å²) in [6, 6.07) is 11.3. The Morgan fingerprint density at radius 1 is 1.14 bits per heavy atom. The molecular weight excluding hydrogens is 302 g/mol. The fourth-order valence-corrected chi connectivity index (χ4v) is 2.33. The molecule has 114 valence electrons. The maximum absolute atomic E-state index is 11.8. The average molecular weight is 317 g/mol. The largest absolute Gasteiger partial charge is 0.289 e. The van der Waals surface area contributed by atoms with Crippen LogP contribution in [0.25, 0.3) is 0 Å². The van der Waals surface area contributed by atoms with E-state index in [0.717, 1.165) is 6.26 Å². The van der Waals surface area contributed by atoms with Crippen LogP contribution in [0.2, 0.25) is 0 Å². The minimum atomic E-state index is -3.22. The fourth-order valence-electron chi connectivity index (χ4n) is 1.70. The number of benzene rings is 1. The molecule has 0 atom stereocenters. The molecule has 2 rings (SSSR count). The Hall–Kier alpha value is -2.54. The second-order valence-corrected chi connectivity index (χ2v) is 6.67. The summed E-state index contributed by atoms with van der Waals surface area (Å²) in [5, 5.41) is 3.99. The summed E-state index contributed by atoms with van der Waals surface area (Å²) in [4.78, 5) is 16.0. The minimum Gasteiger partial charge on any atom is -0.266 e. The van der Waals surface area contributed by atoms with Gasteiger partial charge in [0.2, 0.25) is 0 Å². The molecule has 0 saturated heterocycles. The van der Waals surface area contributed by atoms with Gasteiger partial charge >= 0.3 is 0 Å². The van der Waals surface area contributed by atoms with Crippen LogP contribution >= 0.6 is 0 Å². The lowest BCUT2D eigenvalue weighted by Gasteiger charge is -2.04. The van der Waals surface area contributed by atoms with E-state index in [0.29, 0.717) is 11.3 Å². The second kappa shape index (κ2) is 6.48. The summed E-state index contributed by atoms with van der Waals surface area (Å²) < 4.78 is 22.8. The number of aromatic nitrogens is 1. The first-order valence-electron chi connectivity index (χ1n) is 6.44. The van der Waals surface area contributed by atoms with Crippen molar-refractivity contribution in [2.45, 2.75) is 11.8 Å². The molecule has 0 radical (unpaired) electrons. The highest BCUT2D eigenvalue weighted by molar-refractivity contribution is 7.90. The molecule has 2 aromatic rings. The van der Waals surface area contributed by atoms with Crippen LogP contribution < -0.4 is 5.43 Å². The number of sulfone groups is 1. The lowest BCUT2D eigenvalue weighted by molar-refractivity contribution is 0.0950. The molecule has 0 fully saturated rings. The second-order valence-electron chi connectivity index (χ2n) is 4.65. The van der Waals surface area contributed by atoms with Crippen LogP contribution in [0, 0.1) is 0 Å². The number of nitrogens with zero attached hydrogens (tertiary/aromatic N) is 2. The van der Waals surface area contributed by atoms with E-state index in [9.17, 15) is 13.2 Å². The van der Waals surface area contributed by atoms with Crippen molar-refractivity contribution in [1.29, 1.82) is 0 Å². The Morgan fingerprint density at radius 3 is 2.36 bits per heavy atom. The molecule has 1 N–H and O–H groups in total. The van der Waals surface area contributed by atoms with Gasteiger partial charge in [0.15, 0.2) is 9.84 Å². The van der Waals surface area contributed by atoms with Crippen LogP contribution in [0.15, 0.2) is 58.7 Å². The van der Waals surface area contributed by atoms with E-state index in [1.807, 2.05) is 0 Å². The Bertz CT molecular complexity index is 798. The first-order valence-corrected chi connectivity index (χ1v) is 8.33. The molecule has 0 bridgehead atoms. The number of nitrogens with one attached hydrogen (secondary N) is 1. The van der Waals surface area contributed by atoms with Crippen molar-refractivity contribution in [2.24, 2.45) is 5.10 Å².